The van der Waals surface area contributed by atoms with Crippen molar-refractivity contribution in [2.75, 3.05) is 0 Å². The predicted molar refractivity (Wildman–Crippen MR) is 147 cm³/mol. The average molecular weight is 464 g/mol. The normalized spacial score (nSPS) is 11.6. The Hall–Kier alpha value is -3.44. The number of Topliss-reactive ketones (excluding diaryl/α,β-unsaturated/α-hetero) is 1. The number of rotatable bonds is 13. The lowest BCUT2D eigenvalue weighted by Crippen LogP contribution is -2.08. The van der Waals surface area contributed by atoms with E-state index in [0.717, 1.165) is 53.5 Å². The van der Waals surface area contributed by atoms with Gasteiger partial charge >= 0.3 is 0 Å². The minimum absolute atomic E-state index is 0.181. The molecular weight excluding hydrogens is 426 g/mol. The molecule has 1 unspecified atom stereocenters. The first kappa shape index (κ1) is 26.2. The standard InChI is InChI=1S/C33H37NO/c1-4-9-27(20-29-11-8-12-30(21-29)24-34)10-6-7-13-31-22-26(5-2)18-19-32(31)33(35)23-28-16-14-25(3)15-17-28/h5,8,11-12,14-19,21-22,27H,2,4,6-7,9-10,13,20,23H2,1,3H3. The summed E-state index contributed by atoms with van der Waals surface area (Å²) in [6, 6.07) is 24.6. The second-order valence-corrected chi connectivity index (χ2v) is 9.62. The molecule has 0 saturated carbocycles. The number of hydrogen-bond acceptors (Lipinski definition) is 2. The van der Waals surface area contributed by atoms with Crippen molar-refractivity contribution in [3.63, 3.8) is 0 Å². The lowest BCUT2D eigenvalue weighted by atomic mass is 9.88. The summed E-state index contributed by atoms with van der Waals surface area (Å²) < 4.78 is 0. The summed E-state index contributed by atoms with van der Waals surface area (Å²) in [5.74, 6) is 0.803. The maximum atomic E-state index is 13.2. The summed E-state index contributed by atoms with van der Waals surface area (Å²) in [5.41, 5.74) is 7.29. The zero-order valence-corrected chi connectivity index (χ0v) is 21.2. The van der Waals surface area contributed by atoms with Crippen LogP contribution < -0.4 is 0 Å². The van der Waals surface area contributed by atoms with Crippen LogP contribution in [0.5, 0.6) is 0 Å². The van der Waals surface area contributed by atoms with Crippen LogP contribution in [0.25, 0.3) is 6.08 Å². The number of benzene rings is 3. The zero-order chi connectivity index (χ0) is 25.0. The van der Waals surface area contributed by atoms with E-state index >= 15 is 0 Å². The van der Waals surface area contributed by atoms with Crippen molar-refractivity contribution in [2.45, 2.75) is 65.2 Å². The van der Waals surface area contributed by atoms with Crippen LogP contribution in [0.3, 0.4) is 0 Å². The monoisotopic (exact) mass is 463 g/mol. The number of carbonyl (C=O) groups is 1. The van der Waals surface area contributed by atoms with Gasteiger partial charge in [-0.1, -0.05) is 105 Å². The van der Waals surface area contributed by atoms with Crippen LogP contribution in [0.1, 0.15) is 82.8 Å². The van der Waals surface area contributed by atoms with Crippen molar-refractivity contribution in [2.24, 2.45) is 5.92 Å². The molecule has 0 bridgehead atoms. The molecule has 0 amide bonds. The number of aryl methyl sites for hydroxylation is 2. The van der Waals surface area contributed by atoms with Crippen LogP contribution in [-0.4, -0.2) is 5.78 Å². The highest BCUT2D eigenvalue weighted by Gasteiger charge is 2.14. The predicted octanol–water partition coefficient (Wildman–Crippen LogP) is 8.31. The summed E-state index contributed by atoms with van der Waals surface area (Å²) in [6.45, 7) is 8.21. The molecule has 0 aliphatic rings. The molecule has 2 nitrogen and oxygen atoms in total. The van der Waals surface area contributed by atoms with Gasteiger partial charge in [-0.25, -0.2) is 0 Å². The molecule has 180 valence electrons. The van der Waals surface area contributed by atoms with E-state index in [4.69, 9.17) is 0 Å². The Balaban J connectivity index is 1.62. The van der Waals surface area contributed by atoms with Crippen LogP contribution in [-0.2, 0) is 19.3 Å². The van der Waals surface area contributed by atoms with Crippen LogP contribution in [0.2, 0.25) is 0 Å². The first-order valence-corrected chi connectivity index (χ1v) is 12.9. The van der Waals surface area contributed by atoms with Crippen LogP contribution in [0.4, 0.5) is 0 Å². The number of ketones is 1. The van der Waals surface area contributed by atoms with Crippen molar-refractivity contribution in [1.29, 1.82) is 5.26 Å². The number of nitrogens with zero attached hydrogens (tertiary/aromatic N) is 1. The number of nitriles is 1. The average Bonchev–Trinajstić information content (AvgIpc) is 2.88. The highest BCUT2D eigenvalue weighted by atomic mass is 16.1. The number of carbonyl (C=O) groups excluding carboxylic acids is 1. The molecule has 0 heterocycles. The molecule has 3 aromatic rings. The highest BCUT2D eigenvalue weighted by Crippen LogP contribution is 2.23. The first-order valence-electron chi connectivity index (χ1n) is 12.9. The Morgan fingerprint density at radius 1 is 1.00 bits per heavy atom. The molecule has 0 spiro atoms. The van der Waals surface area contributed by atoms with Crippen molar-refractivity contribution in [3.8, 4) is 6.07 Å². The Morgan fingerprint density at radius 2 is 1.80 bits per heavy atom. The van der Waals surface area contributed by atoms with Crippen molar-refractivity contribution in [3.05, 3.63) is 112 Å². The molecule has 35 heavy (non-hydrogen) atoms. The third-order valence-corrected chi connectivity index (χ3v) is 6.74. The Labute approximate surface area is 211 Å². The fourth-order valence-corrected chi connectivity index (χ4v) is 4.81. The molecule has 3 aromatic carbocycles. The van der Waals surface area contributed by atoms with Crippen LogP contribution in [0.15, 0.2) is 73.3 Å². The van der Waals surface area contributed by atoms with E-state index in [1.165, 1.54) is 30.4 Å². The molecule has 2 heteroatoms. The highest BCUT2D eigenvalue weighted by molar-refractivity contribution is 5.99. The maximum Gasteiger partial charge on any atom is 0.167 e. The van der Waals surface area contributed by atoms with E-state index in [1.807, 2.05) is 48.5 Å². The van der Waals surface area contributed by atoms with E-state index in [2.05, 4.69) is 50.8 Å². The van der Waals surface area contributed by atoms with E-state index in [9.17, 15) is 10.1 Å². The maximum absolute atomic E-state index is 13.2. The molecule has 0 aliphatic heterocycles. The molecule has 0 saturated heterocycles. The second kappa shape index (κ2) is 13.4. The lowest BCUT2D eigenvalue weighted by molar-refractivity contribution is 0.0992. The van der Waals surface area contributed by atoms with Gasteiger partial charge in [0.1, 0.15) is 0 Å². The minimum Gasteiger partial charge on any atom is -0.294 e. The molecule has 0 N–H and O–H groups in total. The molecular formula is C33H37NO. The SMILES string of the molecule is C=Cc1ccc(C(=O)Cc2ccc(C)cc2)c(CCCCC(CCC)Cc2cccc(C#N)c2)c1. The second-order valence-electron chi connectivity index (χ2n) is 9.62. The summed E-state index contributed by atoms with van der Waals surface area (Å²) in [6.07, 6.45) is 9.93. The zero-order valence-electron chi connectivity index (χ0n) is 21.2. The van der Waals surface area contributed by atoms with Crippen molar-refractivity contribution < 1.29 is 4.79 Å². The van der Waals surface area contributed by atoms with Crippen LogP contribution >= 0.6 is 0 Å². The van der Waals surface area contributed by atoms with Gasteiger partial charge in [-0.3, -0.25) is 4.79 Å². The van der Waals surface area contributed by atoms with Crippen molar-refractivity contribution >= 4 is 11.9 Å². The molecule has 0 aliphatic carbocycles. The quantitative estimate of drug-likeness (QED) is 0.189. The van der Waals surface area contributed by atoms with Gasteiger partial charge in [0.05, 0.1) is 11.6 Å². The topological polar surface area (TPSA) is 40.9 Å². The van der Waals surface area contributed by atoms with E-state index in [-0.39, 0.29) is 5.78 Å². The van der Waals surface area contributed by atoms with Gasteiger partial charge in [-0.15, -0.1) is 0 Å². The first-order chi connectivity index (χ1) is 17.0. The molecule has 3 rings (SSSR count). The summed E-state index contributed by atoms with van der Waals surface area (Å²) >= 11 is 0. The van der Waals surface area contributed by atoms with Crippen LogP contribution in [0, 0.1) is 24.2 Å². The molecule has 0 fully saturated rings. The molecule has 0 radical (unpaired) electrons. The Bertz CT molecular complexity index is 1170. The van der Waals surface area contributed by atoms with E-state index in [1.54, 1.807) is 0 Å². The van der Waals surface area contributed by atoms with Gasteiger partial charge in [0.2, 0.25) is 0 Å². The Kier molecular flexibility index (Phi) is 10.1. The summed E-state index contributed by atoms with van der Waals surface area (Å²) in [4.78, 5) is 13.2. The summed E-state index contributed by atoms with van der Waals surface area (Å²) in [5, 5.41) is 9.19. The minimum atomic E-state index is 0.181. The van der Waals surface area contributed by atoms with E-state index in [0.29, 0.717) is 12.3 Å². The number of unbranched alkanes of at least 4 members (excludes halogenated alkanes) is 1. The lowest BCUT2D eigenvalue weighted by Gasteiger charge is -2.17. The van der Waals surface area contributed by atoms with Gasteiger partial charge in [0.15, 0.2) is 5.78 Å². The number of hydrogen-bond donors (Lipinski definition) is 0. The van der Waals surface area contributed by atoms with Gasteiger partial charge in [0, 0.05) is 12.0 Å². The third kappa shape index (κ3) is 8.08. The summed E-state index contributed by atoms with van der Waals surface area (Å²) in [7, 11) is 0. The van der Waals surface area contributed by atoms with Gasteiger partial charge < -0.3 is 0 Å². The molecule has 1 atom stereocenters. The van der Waals surface area contributed by atoms with Gasteiger partial charge in [0.25, 0.3) is 0 Å². The van der Waals surface area contributed by atoms with Gasteiger partial charge in [-0.2, -0.15) is 5.26 Å². The molecule has 0 aromatic heterocycles. The fourth-order valence-electron chi connectivity index (χ4n) is 4.81. The van der Waals surface area contributed by atoms with Crippen molar-refractivity contribution in [1.82, 2.24) is 0 Å². The van der Waals surface area contributed by atoms with E-state index < -0.39 is 0 Å². The van der Waals surface area contributed by atoms with Gasteiger partial charge in [-0.05, 0) is 66.5 Å². The smallest absolute Gasteiger partial charge is 0.167 e. The Morgan fingerprint density at radius 3 is 2.51 bits per heavy atom. The third-order valence-electron chi connectivity index (χ3n) is 6.74. The fraction of sp³-hybridized carbons (Fsp3) is 0.333. The largest absolute Gasteiger partial charge is 0.294 e.